The van der Waals surface area contributed by atoms with Gasteiger partial charge in [-0.25, -0.2) is 4.79 Å². The molecule has 4 heteroatoms. The fourth-order valence-electron chi connectivity index (χ4n) is 1.64. The monoisotopic (exact) mass is 220 g/mol. The van der Waals surface area contributed by atoms with Crippen molar-refractivity contribution in [1.82, 2.24) is 0 Å². The zero-order chi connectivity index (χ0) is 11.5. The minimum Gasteiger partial charge on any atom is -0.429 e. The van der Waals surface area contributed by atoms with E-state index in [0.29, 0.717) is 6.42 Å². The van der Waals surface area contributed by atoms with E-state index in [1.807, 2.05) is 30.3 Å². The first-order valence-electron chi connectivity index (χ1n) is 4.99. The quantitative estimate of drug-likeness (QED) is 0.723. The van der Waals surface area contributed by atoms with Crippen molar-refractivity contribution in [3.05, 3.63) is 47.5 Å². The van der Waals surface area contributed by atoms with Gasteiger partial charge < -0.3 is 14.9 Å². The molecule has 0 aliphatic carbocycles. The van der Waals surface area contributed by atoms with Gasteiger partial charge in [0.15, 0.2) is 0 Å². The molecule has 2 atom stereocenters. The fraction of sp³-hybridized carbons (Fsp3) is 0.250. The molecule has 0 saturated carbocycles. The van der Waals surface area contributed by atoms with Gasteiger partial charge in [-0.05, 0) is 5.56 Å². The highest BCUT2D eigenvalue weighted by Crippen LogP contribution is 2.19. The van der Waals surface area contributed by atoms with Crippen molar-refractivity contribution >= 4 is 5.97 Å². The van der Waals surface area contributed by atoms with Gasteiger partial charge in [-0.3, -0.25) is 0 Å². The van der Waals surface area contributed by atoms with E-state index >= 15 is 0 Å². The lowest BCUT2D eigenvalue weighted by molar-refractivity contribution is -0.151. The number of cyclic esters (lactones) is 1. The number of ether oxygens (including phenoxy) is 1. The van der Waals surface area contributed by atoms with E-state index in [1.54, 1.807) is 0 Å². The Balaban J connectivity index is 2.06. The summed E-state index contributed by atoms with van der Waals surface area (Å²) in [6, 6.07) is 9.35. The van der Waals surface area contributed by atoms with E-state index in [1.165, 1.54) is 0 Å². The summed E-state index contributed by atoms with van der Waals surface area (Å²) in [6.45, 7) is 0. The van der Waals surface area contributed by atoms with Crippen LogP contribution in [0.3, 0.4) is 0 Å². The van der Waals surface area contributed by atoms with E-state index < -0.39 is 18.4 Å². The van der Waals surface area contributed by atoms with Crippen LogP contribution in [0.15, 0.2) is 42.0 Å². The minimum atomic E-state index is -1.31. The lowest BCUT2D eigenvalue weighted by Gasteiger charge is -2.14. The maximum Gasteiger partial charge on any atom is 0.333 e. The van der Waals surface area contributed by atoms with Crippen LogP contribution < -0.4 is 0 Å². The summed E-state index contributed by atoms with van der Waals surface area (Å²) in [5.41, 5.74) is 1.15. The molecule has 2 N–H and O–H groups in total. The largest absolute Gasteiger partial charge is 0.429 e. The third kappa shape index (κ3) is 2.29. The number of carbonyl (C=O) groups is 1. The molecule has 84 valence electrons. The Morgan fingerprint density at radius 2 is 2.00 bits per heavy atom. The lowest BCUT2D eigenvalue weighted by Crippen LogP contribution is -2.22. The molecule has 1 aliphatic rings. The second-order valence-corrected chi connectivity index (χ2v) is 3.64. The van der Waals surface area contributed by atoms with Crippen LogP contribution >= 0.6 is 0 Å². The van der Waals surface area contributed by atoms with Crippen LogP contribution in [0, 0.1) is 0 Å². The molecule has 2 rings (SSSR count). The number of aliphatic hydroxyl groups excluding tert-OH is 2. The molecule has 0 fully saturated rings. The summed E-state index contributed by atoms with van der Waals surface area (Å²) >= 11 is 0. The van der Waals surface area contributed by atoms with Gasteiger partial charge in [0, 0.05) is 18.1 Å². The predicted octanol–water partition coefficient (Wildman–Crippen LogP) is 0.392. The van der Waals surface area contributed by atoms with Gasteiger partial charge in [0.25, 0.3) is 0 Å². The fourth-order valence-corrected chi connectivity index (χ4v) is 1.64. The Labute approximate surface area is 92.8 Å². The Morgan fingerprint density at radius 3 is 2.56 bits per heavy atom. The maximum atomic E-state index is 10.9. The summed E-state index contributed by atoms with van der Waals surface area (Å²) in [5, 5.41) is 19.2. The molecular weight excluding hydrogens is 208 g/mol. The van der Waals surface area contributed by atoms with Gasteiger partial charge in [-0.2, -0.15) is 0 Å². The van der Waals surface area contributed by atoms with Crippen LogP contribution in [0.2, 0.25) is 0 Å². The molecular formula is C12H12O4. The van der Waals surface area contributed by atoms with Gasteiger partial charge in [-0.1, -0.05) is 30.3 Å². The molecule has 16 heavy (non-hydrogen) atoms. The molecule has 0 aromatic heterocycles. The number of rotatable bonds is 3. The van der Waals surface area contributed by atoms with Gasteiger partial charge in [0.2, 0.25) is 6.29 Å². The van der Waals surface area contributed by atoms with Crippen molar-refractivity contribution in [2.45, 2.75) is 18.8 Å². The van der Waals surface area contributed by atoms with Crippen LogP contribution in [0.1, 0.15) is 5.56 Å². The van der Waals surface area contributed by atoms with Crippen molar-refractivity contribution in [3.8, 4) is 0 Å². The maximum absolute atomic E-state index is 10.9. The number of aliphatic hydroxyl groups is 2. The first-order valence-corrected chi connectivity index (χ1v) is 4.99. The van der Waals surface area contributed by atoms with Gasteiger partial charge >= 0.3 is 5.97 Å². The number of esters is 1. The van der Waals surface area contributed by atoms with Crippen LogP contribution in [-0.2, 0) is 16.0 Å². The third-order valence-corrected chi connectivity index (χ3v) is 2.45. The zero-order valence-corrected chi connectivity index (χ0v) is 8.54. The highest BCUT2D eigenvalue weighted by atomic mass is 16.6. The standard InChI is InChI=1S/C12H12O4/c13-10(6-8-4-2-1-3-5-8)9-7-11(14)16-12(9)15/h1-5,7,10,12-13,15H,6H2. The minimum absolute atomic E-state index is 0.217. The second kappa shape index (κ2) is 4.47. The van der Waals surface area contributed by atoms with E-state index in [4.69, 9.17) is 0 Å². The first-order chi connectivity index (χ1) is 7.66. The van der Waals surface area contributed by atoms with E-state index in [0.717, 1.165) is 11.6 Å². The van der Waals surface area contributed by atoms with Crippen LogP contribution in [-0.4, -0.2) is 28.6 Å². The molecule has 0 radical (unpaired) electrons. The summed E-state index contributed by atoms with van der Waals surface area (Å²) in [6.07, 6.45) is -0.728. The van der Waals surface area contributed by atoms with E-state index in [2.05, 4.69) is 4.74 Å². The zero-order valence-electron chi connectivity index (χ0n) is 8.54. The second-order valence-electron chi connectivity index (χ2n) is 3.64. The smallest absolute Gasteiger partial charge is 0.333 e. The SMILES string of the molecule is O=C1C=C(C(O)Cc2ccccc2)C(O)O1. The van der Waals surface area contributed by atoms with Crippen LogP contribution in [0.25, 0.3) is 0 Å². The number of carbonyl (C=O) groups excluding carboxylic acids is 1. The number of hydrogen-bond acceptors (Lipinski definition) is 4. The lowest BCUT2D eigenvalue weighted by atomic mass is 10.0. The normalized spacial score (nSPS) is 21.5. The molecule has 0 spiro atoms. The highest BCUT2D eigenvalue weighted by Gasteiger charge is 2.29. The average Bonchev–Trinajstić information content (AvgIpc) is 2.59. The van der Waals surface area contributed by atoms with Crippen molar-refractivity contribution in [2.24, 2.45) is 0 Å². The molecule has 1 aromatic carbocycles. The van der Waals surface area contributed by atoms with Crippen LogP contribution in [0.5, 0.6) is 0 Å². The van der Waals surface area contributed by atoms with Crippen molar-refractivity contribution in [3.63, 3.8) is 0 Å². The highest BCUT2D eigenvalue weighted by molar-refractivity contribution is 5.85. The Kier molecular flexibility index (Phi) is 3.03. The predicted molar refractivity (Wildman–Crippen MR) is 56.3 cm³/mol. The molecule has 1 aromatic rings. The summed E-state index contributed by atoms with van der Waals surface area (Å²) in [5.74, 6) is -0.616. The van der Waals surface area contributed by atoms with E-state index in [-0.39, 0.29) is 5.57 Å². The van der Waals surface area contributed by atoms with Crippen LogP contribution in [0.4, 0.5) is 0 Å². The molecule has 2 unspecified atom stereocenters. The van der Waals surface area contributed by atoms with E-state index in [9.17, 15) is 15.0 Å². The topological polar surface area (TPSA) is 66.8 Å². The summed E-state index contributed by atoms with van der Waals surface area (Å²) < 4.78 is 4.50. The first kappa shape index (κ1) is 10.9. The van der Waals surface area contributed by atoms with Crippen molar-refractivity contribution in [2.75, 3.05) is 0 Å². The Morgan fingerprint density at radius 1 is 1.31 bits per heavy atom. The van der Waals surface area contributed by atoms with Gasteiger partial charge in [0.1, 0.15) is 0 Å². The van der Waals surface area contributed by atoms with Gasteiger partial charge in [-0.15, -0.1) is 0 Å². The number of hydrogen-bond donors (Lipinski definition) is 2. The molecule has 0 amide bonds. The van der Waals surface area contributed by atoms with Crippen molar-refractivity contribution in [1.29, 1.82) is 0 Å². The molecule has 0 bridgehead atoms. The molecule has 0 saturated heterocycles. The molecule has 1 aliphatic heterocycles. The number of benzene rings is 1. The molecule has 1 heterocycles. The third-order valence-electron chi connectivity index (χ3n) is 2.45. The summed E-state index contributed by atoms with van der Waals surface area (Å²) in [4.78, 5) is 10.9. The summed E-state index contributed by atoms with van der Waals surface area (Å²) in [7, 11) is 0. The Hall–Kier alpha value is -1.65. The Bertz CT molecular complexity index is 410. The average molecular weight is 220 g/mol. The van der Waals surface area contributed by atoms with Gasteiger partial charge in [0.05, 0.1) is 6.10 Å². The van der Waals surface area contributed by atoms with Crippen molar-refractivity contribution < 1.29 is 19.7 Å². The molecule has 4 nitrogen and oxygen atoms in total.